The molecule has 178 valence electrons. The average molecular weight is 488 g/mol. The van der Waals surface area contributed by atoms with E-state index in [0.29, 0.717) is 40.6 Å². The first-order chi connectivity index (χ1) is 17.0. The molecule has 0 saturated carbocycles. The van der Waals surface area contributed by atoms with Crippen LogP contribution in [0.2, 0.25) is 5.02 Å². The number of hydrogen-bond donors (Lipinski definition) is 1. The van der Waals surface area contributed by atoms with Crippen molar-refractivity contribution in [2.24, 2.45) is 5.41 Å². The molecule has 0 atom stereocenters. The molecule has 4 aromatic rings. The molecule has 1 aromatic carbocycles. The second kappa shape index (κ2) is 8.53. The monoisotopic (exact) mass is 487 g/mol. The molecular formula is C26H26ClN7O. The molecular weight excluding hydrogens is 462 g/mol. The molecule has 1 amide bonds. The molecule has 0 aliphatic carbocycles. The third-order valence-corrected chi connectivity index (χ3v) is 7.14. The van der Waals surface area contributed by atoms with Crippen LogP contribution in [0.5, 0.6) is 0 Å². The van der Waals surface area contributed by atoms with Gasteiger partial charge in [0.05, 0.1) is 28.8 Å². The van der Waals surface area contributed by atoms with Crippen molar-refractivity contribution >= 4 is 34.7 Å². The minimum absolute atomic E-state index is 0.185. The van der Waals surface area contributed by atoms with E-state index in [1.54, 1.807) is 10.6 Å². The van der Waals surface area contributed by atoms with Gasteiger partial charge < -0.3 is 15.1 Å². The first kappa shape index (κ1) is 21.9. The minimum Gasteiger partial charge on any atom is -0.370 e. The second-order valence-electron chi connectivity index (χ2n) is 9.48. The standard InChI is InChI=1S/C26H26ClN7O/c1-2-22-23(34-13-19(27)11-30-25(34)31-22)24(35)29-10-18-5-7-20(8-6-18)32-14-26(15-32)16-33(17-26)21-4-3-9-28-12-21/h3-9,11-13H,2,10,14-17H2,1H3,(H,29,35). The van der Waals surface area contributed by atoms with Gasteiger partial charge in [0.1, 0.15) is 5.69 Å². The first-order valence-corrected chi connectivity index (χ1v) is 12.2. The van der Waals surface area contributed by atoms with Crippen LogP contribution in [0, 0.1) is 5.41 Å². The molecule has 0 unspecified atom stereocenters. The number of hydrogen-bond acceptors (Lipinski definition) is 6. The number of fused-ring (bicyclic) bond motifs is 1. The van der Waals surface area contributed by atoms with E-state index < -0.39 is 0 Å². The number of nitrogens with one attached hydrogen (secondary N) is 1. The van der Waals surface area contributed by atoms with Crippen molar-refractivity contribution in [2.45, 2.75) is 19.9 Å². The number of nitrogens with zero attached hydrogens (tertiary/aromatic N) is 6. The molecule has 3 aromatic heterocycles. The van der Waals surface area contributed by atoms with Gasteiger partial charge in [0.25, 0.3) is 5.91 Å². The number of carbonyl (C=O) groups excluding carboxylic acids is 1. The van der Waals surface area contributed by atoms with Crippen molar-refractivity contribution in [2.75, 3.05) is 36.0 Å². The summed E-state index contributed by atoms with van der Waals surface area (Å²) in [5.41, 5.74) is 5.06. The molecule has 6 rings (SSSR count). The molecule has 2 fully saturated rings. The van der Waals surface area contributed by atoms with Crippen molar-refractivity contribution < 1.29 is 4.79 Å². The molecule has 1 spiro atoms. The lowest BCUT2D eigenvalue weighted by atomic mass is 9.72. The zero-order valence-corrected chi connectivity index (χ0v) is 20.2. The fraction of sp³-hybridized carbons (Fsp3) is 0.308. The number of imidazole rings is 1. The number of amides is 1. The van der Waals surface area contributed by atoms with E-state index in [1.165, 1.54) is 17.6 Å². The summed E-state index contributed by atoms with van der Waals surface area (Å²) in [6.45, 7) is 6.73. The van der Waals surface area contributed by atoms with Crippen LogP contribution in [0.4, 0.5) is 11.4 Å². The van der Waals surface area contributed by atoms with Crippen molar-refractivity contribution in [3.63, 3.8) is 0 Å². The topological polar surface area (TPSA) is 78.7 Å². The number of anilines is 2. The molecule has 9 heteroatoms. The van der Waals surface area contributed by atoms with Crippen LogP contribution >= 0.6 is 11.6 Å². The predicted octanol–water partition coefficient (Wildman–Crippen LogP) is 3.60. The summed E-state index contributed by atoms with van der Waals surface area (Å²) in [6, 6.07) is 12.6. The Morgan fingerprint density at radius 3 is 2.49 bits per heavy atom. The largest absolute Gasteiger partial charge is 0.370 e. The van der Waals surface area contributed by atoms with Gasteiger partial charge in [-0.15, -0.1) is 0 Å². The van der Waals surface area contributed by atoms with Gasteiger partial charge in [-0.1, -0.05) is 30.7 Å². The average Bonchev–Trinajstić information content (AvgIpc) is 3.20. The fourth-order valence-corrected chi connectivity index (χ4v) is 5.31. The maximum Gasteiger partial charge on any atom is 0.270 e. The number of carbonyl (C=O) groups is 1. The summed E-state index contributed by atoms with van der Waals surface area (Å²) in [5, 5.41) is 3.48. The second-order valence-corrected chi connectivity index (χ2v) is 9.91. The summed E-state index contributed by atoms with van der Waals surface area (Å²) >= 11 is 6.09. The fourth-order valence-electron chi connectivity index (χ4n) is 5.17. The highest BCUT2D eigenvalue weighted by Gasteiger charge is 2.51. The molecule has 1 N–H and O–H groups in total. The Morgan fingerprint density at radius 1 is 1.06 bits per heavy atom. The Labute approximate surface area is 208 Å². The van der Waals surface area contributed by atoms with Crippen LogP contribution < -0.4 is 15.1 Å². The van der Waals surface area contributed by atoms with E-state index >= 15 is 0 Å². The Morgan fingerprint density at radius 2 is 1.80 bits per heavy atom. The summed E-state index contributed by atoms with van der Waals surface area (Å²) in [7, 11) is 0. The van der Waals surface area contributed by atoms with Crippen LogP contribution in [0.15, 0.2) is 61.2 Å². The van der Waals surface area contributed by atoms with Crippen LogP contribution in [0.25, 0.3) is 5.78 Å². The van der Waals surface area contributed by atoms with E-state index in [0.717, 1.165) is 31.7 Å². The lowest BCUT2D eigenvalue weighted by molar-refractivity contribution is 0.0944. The van der Waals surface area contributed by atoms with Gasteiger partial charge in [-0.05, 0) is 36.2 Å². The predicted molar refractivity (Wildman–Crippen MR) is 136 cm³/mol. The van der Waals surface area contributed by atoms with Crippen LogP contribution in [-0.4, -0.2) is 51.4 Å². The van der Waals surface area contributed by atoms with E-state index in [4.69, 9.17) is 11.6 Å². The van der Waals surface area contributed by atoms with E-state index in [2.05, 4.69) is 60.4 Å². The zero-order chi connectivity index (χ0) is 24.0. The van der Waals surface area contributed by atoms with Gasteiger partial charge in [-0.25, -0.2) is 9.97 Å². The number of benzene rings is 1. The van der Waals surface area contributed by atoms with Gasteiger partial charge in [-0.2, -0.15) is 0 Å². The number of rotatable bonds is 6. The van der Waals surface area contributed by atoms with Crippen LogP contribution in [-0.2, 0) is 13.0 Å². The van der Waals surface area contributed by atoms with Crippen molar-refractivity contribution in [1.29, 1.82) is 0 Å². The van der Waals surface area contributed by atoms with E-state index in [1.807, 2.05) is 25.4 Å². The van der Waals surface area contributed by atoms with Gasteiger partial charge in [0.2, 0.25) is 5.78 Å². The van der Waals surface area contributed by atoms with Crippen LogP contribution in [0.1, 0.15) is 28.7 Å². The van der Waals surface area contributed by atoms with Gasteiger partial charge in [0, 0.05) is 56.2 Å². The number of aromatic nitrogens is 4. The van der Waals surface area contributed by atoms with Crippen molar-refractivity contribution in [1.82, 2.24) is 24.7 Å². The highest BCUT2D eigenvalue weighted by Crippen LogP contribution is 2.43. The lowest BCUT2D eigenvalue weighted by Crippen LogP contribution is -2.72. The summed E-state index contributed by atoms with van der Waals surface area (Å²) in [6.07, 6.45) is 7.60. The Hall–Kier alpha value is -3.65. The molecule has 8 nitrogen and oxygen atoms in total. The van der Waals surface area contributed by atoms with E-state index in [-0.39, 0.29) is 5.91 Å². The SMILES string of the molecule is CCc1nc2ncc(Cl)cn2c1C(=O)NCc1ccc(N2CC3(C2)CN(c2cccnc2)C3)cc1. The number of halogens is 1. The maximum absolute atomic E-state index is 13.0. The molecule has 35 heavy (non-hydrogen) atoms. The molecule has 2 saturated heterocycles. The normalized spacial score (nSPS) is 16.3. The zero-order valence-electron chi connectivity index (χ0n) is 19.5. The molecule has 5 heterocycles. The minimum atomic E-state index is -0.185. The Bertz CT molecular complexity index is 1370. The summed E-state index contributed by atoms with van der Waals surface area (Å²) < 4.78 is 1.66. The number of aryl methyl sites for hydroxylation is 1. The van der Waals surface area contributed by atoms with E-state index in [9.17, 15) is 4.79 Å². The number of pyridine rings is 1. The van der Waals surface area contributed by atoms with Crippen molar-refractivity contribution in [3.8, 4) is 0 Å². The Kier molecular flexibility index (Phi) is 5.33. The smallest absolute Gasteiger partial charge is 0.270 e. The summed E-state index contributed by atoms with van der Waals surface area (Å²) in [4.78, 5) is 30.7. The van der Waals surface area contributed by atoms with Gasteiger partial charge >= 0.3 is 0 Å². The third-order valence-electron chi connectivity index (χ3n) is 6.94. The molecule has 2 aliphatic rings. The van der Waals surface area contributed by atoms with Crippen molar-refractivity contribution in [3.05, 3.63) is 83.2 Å². The first-order valence-electron chi connectivity index (χ1n) is 11.8. The van der Waals surface area contributed by atoms with Crippen LogP contribution in [0.3, 0.4) is 0 Å². The highest BCUT2D eigenvalue weighted by molar-refractivity contribution is 6.30. The lowest BCUT2D eigenvalue weighted by Gasteiger charge is -2.61. The van der Waals surface area contributed by atoms with Gasteiger partial charge in [0.15, 0.2) is 0 Å². The van der Waals surface area contributed by atoms with Gasteiger partial charge in [-0.3, -0.25) is 14.2 Å². The quantitative estimate of drug-likeness (QED) is 0.447. The Balaban J connectivity index is 1.05. The molecule has 2 aliphatic heterocycles. The third kappa shape index (κ3) is 3.97. The highest BCUT2D eigenvalue weighted by atomic mass is 35.5. The molecule has 0 bridgehead atoms. The summed E-state index contributed by atoms with van der Waals surface area (Å²) in [5.74, 6) is 0.290. The maximum atomic E-state index is 13.0. The molecule has 0 radical (unpaired) electrons.